The minimum atomic E-state index is -1.87. The van der Waals surface area contributed by atoms with Gasteiger partial charge < -0.3 is 9.47 Å². The van der Waals surface area contributed by atoms with Gasteiger partial charge in [-0.15, -0.1) is 0 Å². The summed E-state index contributed by atoms with van der Waals surface area (Å²) in [7, 11) is 0. The van der Waals surface area contributed by atoms with E-state index in [0.717, 1.165) is 12.8 Å². The van der Waals surface area contributed by atoms with Crippen LogP contribution >= 0.6 is 0 Å². The smallest absolute Gasteiger partial charge is 0.217 e. The highest BCUT2D eigenvalue weighted by Crippen LogP contribution is 2.69. The van der Waals surface area contributed by atoms with Crippen LogP contribution < -0.4 is 0 Å². The summed E-state index contributed by atoms with van der Waals surface area (Å²) in [5, 5.41) is 38.5. The molecule has 1 N–H and O–H groups in total. The third-order valence-electron chi connectivity index (χ3n) is 5.80. The Bertz CT molecular complexity index is 850. The summed E-state index contributed by atoms with van der Waals surface area (Å²) in [4.78, 5) is 4.06. The van der Waals surface area contributed by atoms with Gasteiger partial charge in [0, 0.05) is 24.4 Å². The lowest BCUT2D eigenvalue weighted by molar-refractivity contribution is -0.294. The zero-order valence-electron chi connectivity index (χ0n) is 13.4. The third kappa shape index (κ3) is 1.60. The quantitative estimate of drug-likeness (QED) is 0.841. The number of hydrogen-bond donors (Lipinski definition) is 1. The Morgan fingerprint density at radius 3 is 2.64 bits per heavy atom. The van der Waals surface area contributed by atoms with Crippen molar-refractivity contribution in [3.05, 3.63) is 30.1 Å². The Hall–Kier alpha value is -2.95. The Labute approximate surface area is 144 Å². The van der Waals surface area contributed by atoms with Crippen molar-refractivity contribution in [2.75, 3.05) is 0 Å². The van der Waals surface area contributed by atoms with Gasteiger partial charge in [0.2, 0.25) is 17.1 Å². The molecule has 4 rings (SSSR count). The van der Waals surface area contributed by atoms with Crippen molar-refractivity contribution in [2.24, 2.45) is 16.7 Å². The van der Waals surface area contributed by atoms with Crippen LogP contribution in [-0.2, 0) is 9.47 Å². The SMILES string of the molecule is N#CC1(C#N)[C@H](c2cccnc2)O[C@@]23CCCC[C@@H]2[C@@]1(C#N)C(=N)O3. The molecule has 2 saturated heterocycles. The van der Waals surface area contributed by atoms with Gasteiger partial charge in [-0.1, -0.05) is 12.5 Å². The lowest BCUT2D eigenvalue weighted by atomic mass is 9.51. The summed E-state index contributed by atoms with van der Waals surface area (Å²) in [6.07, 6.45) is 4.92. The number of nitriles is 3. The Morgan fingerprint density at radius 2 is 2.00 bits per heavy atom. The molecule has 0 unspecified atom stereocenters. The van der Waals surface area contributed by atoms with Crippen molar-refractivity contribution in [3.63, 3.8) is 0 Å². The molecule has 0 aromatic carbocycles. The molecule has 3 aliphatic rings. The summed E-state index contributed by atoms with van der Waals surface area (Å²) in [6.45, 7) is 0. The van der Waals surface area contributed by atoms with Crippen LogP contribution in [0.1, 0.15) is 37.4 Å². The molecule has 25 heavy (non-hydrogen) atoms. The maximum atomic E-state index is 10.1. The molecule has 2 bridgehead atoms. The van der Waals surface area contributed by atoms with Crippen LogP contribution in [0.25, 0.3) is 0 Å². The zero-order chi connectivity index (χ0) is 17.7. The normalized spacial score (nSPS) is 37.7. The fourth-order valence-corrected chi connectivity index (χ4v) is 4.69. The number of nitrogens with one attached hydrogen (secondary N) is 1. The first kappa shape index (κ1) is 15.6. The highest BCUT2D eigenvalue weighted by Gasteiger charge is 2.80. The molecule has 4 atom stereocenters. The fourth-order valence-electron chi connectivity index (χ4n) is 4.69. The topological polar surface area (TPSA) is 127 Å². The number of hydrogen-bond acceptors (Lipinski definition) is 7. The minimum Gasteiger partial charge on any atom is -0.447 e. The lowest BCUT2D eigenvalue weighted by Gasteiger charge is -2.51. The molecule has 0 spiro atoms. The molecule has 3 fully saturated rings. The van der Waals surface area contributed by atoms with Crippen LogP contribution in [0.4, 0.5) is 0 Å². The summed E-state index contributed by atoms with van der Waals surface area (Å²) in [5.41, 5.74) is -2.98. The van der Waals surface area contributed by atoms with Crippen molar-refractivity contribution in [1.29, 1.82) is 21.2 Å². The second kappa shape index (κ2) is 5.02. The van der Waals surface area contributed by atoms with Crippen LogP contribution in [0.5, 0.6) is 0 Å². The molecular formula is C18H15N5O2. The van der Waals surface area contributed by atoms with Gasteiger partial charge in [-0.25, -0.2) is 0 Å². The van der Waals surface area contributed by atoms with Crippen LogP contribution in [0.3, 0.4) is 0 Å². The summed E-state index contributed by atoms with van der Waals surface area (Å²) >= 11 is 0. The summed E-state index contributed by atoms with van der Waals surface area (Å²) in [6, 6.07) is 9.63. The largest absolute Gasteiger partial charge is 0.447 e. The average Bonchev–Trinajstić information content (AvgIpc) is 2.87. The van der Waals surface area contributed by atoms with Gasteiger partial charge in [-0.05, 0) is 18.9 Å². The molecule has 3 heterocycles. The number of rotatable bonds is 1. The van der Waals surface area contributed by atoms with E-state index >= 15 is 0 Å². The summed E-state index contributed by atoms with van der Waals surface area (Å²) < 4.78 is 12.0. The van der Waals surface area contributed by atoms with Gasteiger partial charge in [-0.3, -0.25) is 10.4 Å². The van der Waals surface area contributed by atoms with E-state index in [-0.39, 0.29) is 5.90 Å². The number of ether oxygens (including phenoxy) is 2. The molecule has 7 heteroatoms. The van der Waals surface area contributed by atoms with Crippen LogP contribution in [0.15, 0.2) is 24.5 Å². The van der Waals surface area contributed by atoms with E-state index in [4.69, 9.17) is 14.9 Å². The van der Waals surface area contributed by atoms with E-state index in [0.29, 0.717) is 18.4 Å². The molecule has 1 saturated carbocycles. The van der Waals surface area contributed by atoms with Crippen molar-refractivity contribution in [1.82, 2.24) is 4.98 Å². The van der Waals surface area contributed by atoms with Gasteiger partial charge in [-0.2, -0.15) is 15.8 Å². The predicted octanol–water partition coefficient (Wildman–Crippen LogP) is 2.59. The first-order chi connectivity index (χ1) is 12.1. The Morgan fingerprint density at radius 1 is 1.20 bits per heavy atom. The molecule has 1 aromatic rings. The Kier molecular flexibility index (Phi) is 3.13. The first-order valence-electron chi connectivity index (χ1n) is 8.20. The first-order valence-corrected chi connectivity index (χ1v) is 8.20. The average molecular weight is 333 g/mol. The second-order valence-electron chi connectivity index (χ2n) is 6.78. The number of aromatic nitrogens is 1. The summed E-state index contributed by atoms with van der Waals surface area (Å²) in [5.74, 6) is -1.95. The third-order valence-corrected chi connectivity index (χ3v) is 5.80. The standard InChI is InChI=1S/C18H15N5O2/c19-9-16(10-20)14(12-4-3-7-23-8-12)24-18-6-2-1-5-13(18)17(16,11-21)15(22)25-18/h3-4,7-8,13-14,22H,1-2,5-6H2/t13-,14+,17+,18-/m1/s1. The maximum absolute atomic E-state index is 10.1. The van der Waals surface area contributed by atoms with Gasteiger partial charge in [0.1, 0.15) is 6.10 Å². The number of pyridine rings is 1. The molecule has 1 aromatic heterocycles. The van der Waals surface area contributed by atoms with Crippen molar-refractivity contribution in [2.45, 2.75) is 37.6 Å². The molecular weight excluding hydrogens is 318 g/mol. The van der Waals surface area contributed by atoms with Crippen LogP contribution in [0.2, 0.25) is 0 Å². The van der Waals surface area contributed by atoms with Gasteiger partial charge in [0.05, 0.1) is 24.1 Å². The van der Waals surface area contributed by atoms with E-state index in [2.05, 4.69) is 11.1 Å². The van der Waals surface area contributed by atoms with E-state index in [1.165, 1.54) is 6.20 Å². The molecule has 7 nitrogen and oxygen atoms in total. The monoisotopic (exact) mass is 333 g/mol. The van der Waals surface area contributed by atoms with Crippen molar-refractivity contribution >= 4 is 5.90 Å². The molecule has 0 amide bonds. The van der Waals surface area contributed by atoms with Crippen LogP contribution in [-0.4, -0.2) is 16.7 Å². The van der Waals surface area contributed by atoms with Gasteiger partial charge in [0.25, 0.3) is 0 Å². The second-order valence-corrected chi connectivity index (χ2v) is 6.78. The number of nitrogens with zero attached hydrogens (tertiary/aromatic N) is 4. The highest BCUT2D eigenvalue weighted by atomic mass is 16.7. The van der Waals surface area contributed by atoms with Gasteiger partial charge >= 0.3 is 0 Å². The lowest BCUT2D eigenvalue weighted by Crippen LogP contribution is -2.60. The molecule has 124 valence electrons. The van der Waals surface area contributed by atoms with E-state index in [1.807, 2.05) is 12.1 Å². The van der Waals surface area contributed by atoms with Crippen molar-refractivity contribution < 1.29 is 9.47 Å². The van der Waals surface area contributed by atoms with Crippen LogP contribution in [0, 0.1) is 56.2 Å². The predicted molar refractivity (Wildman–Crippen MR) is 83.3 cm³/mol. The maximum Gasteiger partial charge on any atom is 0.217 e. The highest BCUT2D eigenvalue weighted by molar-refractivity contribution is 5.89. The minimum absolute atomic E-state index is 0.323. The Balaban J connectivity index is 2.01. The molecule has 1 aliphatic carbocycles. The molecule has 2 aliphatic heterocycles. The molecule has 0 radical (unpaired) electrons. The zero-order valence-corrected chi connectivity index (χ0v) is 13.4. The van der Waals surface area contributed by atoms with Gasteiger partial charge in [0.15, 0.2) is 5.41 Å². The van der Waals surface area contributed by atoms with E-state index in [9.17, 15) is 15.8 Å². The van der Waals surface area contributed by atoms with Crippen molar-refractivity contribution in [3.8, 4) is 18.2 Å². The van der Waals surface area contributed by atoms with E-state index in [1.54, 1.807) is 18.3 Å². The fraction of sp³-hybridized carbons (Fsp3) is 0.500. The van der Waals surface area contributed by atoms with E-state index < -0.39 is 28.6 Å².